The molecule has 0 N–H and O–H groups in total. The summed E-state index contributed by atoms with van der Waals surface area (Å²) in [5.74, 6) is 1.76. The van der Waals surface area contributed by atoms with Crippen LogP contribution < -0.4 is 18.9 Å². The molecule has 9 heteroatoms. The van der Waals surface area contributed by atoms with Crippen molar-refractivity contribution in [2.75, 3.05) is 26.4 Å². The summed E-state index contributed by atoms with van der Waals surface area (Å²) >= 11 is 3.40. The molecule has 0 bridgehead atoms. The van der Waals surface area contributed by atoms with E-state index in [1.807, 2.05) is 36.4 Å². The minimum atomic E-state index is 0.231. The average molecular weight is 700 g/mol. The predicted octanol–water partition coefficient (Wildman–Crippen LogP) is 10.0. The first kappa shape index (κ1) is 38.5. The van der Waals surface area contributed by atoms with Gasteiger partial charge in [-0.1, -0.05) is 83.7 Å². The van der Waals surface area contributed by atoms with Crippen LogP contribution in [0, 0.1) is 45.3 Å². The van der Waals surface area contributed by atoms with Crippen molar-refractivity contribution in [1.29, 1.82) is 21.0 Å². The maximum Gasteiger partial charge on any atom is 0.152 e. The molecular formula is C38H43BrN4O4. The lowest BCUT2D eigenvalue weighted by Crippen LogP contribution is -2.05. The zero-order valence-electron chi connectivity index (χ0n) is 27.8. The van der Waals surface area contributed by atoms with Crippen LogP contribution in [0.1, 0.15) is 101 Å². The van der Waals surface area contributed by atoms with E-state index in [1.54, 1.807) is 6.07 Å². The molecule has 47 heavy (non-hydrogen) atoms. The van der Waals surface area contributed by atoms with Gasteiger partial charge in [0, 0.05) is 5.56 Å². The van der Waals surface area contributed by atoms with Crippen LogP contribution in [0.4, 0.5) is 0 Å². The fourth-order valence-corrected chi connectivity index (χ4v) is 4.85. The molecular weight excluding hydrogens is 656 g/mol. The molecule has 0 fully saturated rings. The molecule has 0 aromatic heterocycles. The molecule has 3 aromatic rings. The fraction of sp³-hybridized carbons (Fsp3) is 0.421. The van der Waals surface area contributed by atoms with E-state index in [0.29, 0.717) is 53.9 Å². The number of rotatable bonds is 17. The molecule has 0 atom stereocenters. The Morgan fingerprint density at radius 3 is 1.38 bits per heavy atom. The van der Waals surface area contributed by atoms with Crippen LogP contribution in [0.3, 0.4) is 0 Å². The van der Waals surface area contributed by atoms with Gasteiger partial charge in [-0.25, -0.2) is 0 Å². The van der Waals surface area contributed by atoms with Crippen LogP contribution in [-0.2, 0) is 0 Å². The van der Waals surface area contributed by atoms with Crippen molar-refractivity contribution in [1.82, 2.24) is 0 Å². The fourth-order valence-electron chi connectivity index (χ4n) is 4.33. The van der Waals surface area contributed by atoms with Gasteiger partial charge in [0.15, 0.2) is 5.75 Å². The molecule has 0 radical (unpaired) electrons. The molecule has 0 heterocycles. The first-order chi connectivity index (χ1) is 22.9. The lowest BCUT2D eigenvalue weighted by atomic mass is 9.97. The van der Waals surface area contributed by atoms with E-state index in [1.165, 1.54) is 0 Å². The van der Waals surface area contributed by atoms with Gasteiger partial charge in [-0.2, -0.15) is 21.0 Å². The molecule has 3 aromatic carbocycles. The minimum absolute atomic E-state index is 0.231. The van der Waals surface area contributed by atoms with E-state index in [9.17, 15) is 21.0 Å². The molecule has 8 nitrogen and oxygen atoms in total. The molecule has 0 amide bonds. The van der Waals surface area contributed by atoms with E-state index in [-0.39, 0.29) is 22.3 Å². The van der Waals surface area contributed by atoms with Gasteiger partial charge >= 0.3 is 0 Å². The third-order valence-corrected chi connectivity index (χ3v) is 7.56. The lowest BCUT2D eigenvalue weighted by Gasteiger charge is -2.17. The Bertz CT molecular complexity index is 1600. The van der Waals surface area contributed by atoms with Crippen molar-refractivity contribution in [3.05, 3.63) is 69.2 Å². The van der Waals surface area contributed by atoms with Crippen molar-refractivity contribution < 1.29 is 18.9 Å². The second-order valence-electron chi connectivity index (χ2n) is 10.6. The number of ether oxygens (including phenoxy) is 4. The molecule has 246 valence electrons. The molecule has 0 aliphatic carbocycles. The van der Waals surface area contributed by atoms with Crippen LogP contribution in [0.25, 0.3) is 11.1 Å². The summed E-state index contributed by atoms with van der Waals surface area (Å²) < 4.78 is 23.7. The average Bonchev–Trinajstić information content (AvgIpc) is 3.09. The Balaban J connectivity index is 0.000000335. The first-order valence-corrected chi connectivity index (χ1v) is 17.0. The maximum absolute atomic E-state index is 9.72. The molecule has 0 aliphatic heterocycles. The molecule has 0 unspecified atom stereocenters. The van der Waals surface area contributed by atoms with Crippen molar-refractivity contribution >= 4 is 15.9 Å². The Hall–Kier alpha value is -4.70. The van der Waals surface area contributed by atoms with Crippen LogP contribution in [-0.4, -0.2) is 26.4 Å². The van der Waals surface area contributed by atoms with Crippen LogP contribution in [0.2, 0.25) is 0 Å². The lowest BCUT2D eigenvalue weighted by molar-refractivity contribution is 0.298. The number of hydrogen-bond acceptors (Lipinski definition) is 8. The smallest absolute Gasteiger partial charge is 0.152 e. The summed E-state index contributed by atoms with van der Waals surface area (Å²) in [7, 11) is 0. The Labute approximate surface area is 288 Å². The monoisotopic (exact) mass is 698 g/mol. The first-order valence-electron chi connectivity index (χ1n) is 16.2. The van der Waals surface area contributed by atoms with Gasteiger partial charge in [-0.15, -0.1) is 0 Å². The standard InChI is InChI=1S/C22H24N2O2.C16H19BrN2O2/c1-3-5-12-25-21-14-18(17-10-8-7-9-11-17)22(26-13-6-4-2)20(16-24)19(21)15-23;1-3-5-7-20-15-9-14(17)16(21-8-6-4-2)13(11-19)12(15)10-18/h7-11,14H,3-6,12-13H2,1-2H3;9H,3-8H2,1-2H3. The van der Waals surface area contributed by atoms with Gasteiger partial charge in [0.1, 0.15) is 63.8 Å². The highest BCUT2D eigenvalue weighted by atomic mass is 79.9. The van der Waals surface area contributed by atoms with E-state index in [0.717, 1.165) is 62.5 Å². The van der Waals surface area contributed by atoms with Gasteiger partial charge < -0.3 is 18.9 Å². The van der Waals surface area contributed by atoms with E-state index >= 15 is 0 Å². The van der Waals surface area contributed by atoms with E-state index < -0.39 is 0 Å². The third-order valence-electron chi connectivity index (χ3n) is 6.97. The third kappa shape index (κ3) is 11.2. The zero-order chi connectivity index (χ0) is 34.4. The summed E-state index contributed by atoms with van der Waals surface area (Å²) in [6.07, 6.45) is 7.57. The number of halogens is 1. The molecule has 0 saturated heterocycles. The van der Waals surface area contributed by atoms with Crippen molar-refractivity contribution in [3.63, 3.8) is 0 Å². The summed E-state index contributed by atoms with van der Waals surface area (Å²) in [6.45, 7) is 10.4. The van der Waals surface area contributed by atoms with Gasteiger partial charge in [-0.3, -0.25) is 0 Å². The highest BCUT2D eigenvalue weighted by molar-refractivity contribution is 9.10. The number of unbranched alkanes of at least 4 members (excludes halogenated alkanes) is 4. The summed E-state index contributed by atoms with van der Waals surface area (Å²) in [5.41, 5.74) is 2.67. The topological polar surface area (TPSA) is 132 Å². The summed E-state index contributed by atoms with van der Waals surface area (Å²) in [6, 6.07) is 21.7. The normalized spacial score (nSPS) is 9.89. The summed E-state index contributed by atoms with van der Waals surface area (Å²) in [4.78, 5) is 0. The SMILES string of the molecule is CCCCOc1cc(-c2ccccc2)c(OCCCC)c(C#N)c1C#N.CCCCOc1cc(Br)c(OCCCC)c(C#N)c1C#N. The van der Waals surface area contributed by atoms with Crippen molar-refractivity contribution in [2.45, 2.75) is 79.1 Å². The minimum Gasteiger partial charge on any atom is -0.492 e. The second-order valence-corrected chi connectivity index (χ2v) is 11.4. The van der Waals surface area contributed by atoms with Gasteiger partial charge in [0.2, 0.25) is 0 Å². The quantitative estimate of drug-likeness (QED) is 0.127. The predicted molar refractivity (Wildman–Crippen MR) is 186 cm³/mol. The number of hydrogen-bond donors (Lipinski definition) is 0. The largest absolute Gasteiger partial charge is 0.492 e. The molecule has 0 saturated carbocycles. The van der Waals surface area contributed by atoms with Gasteiger partial charge in [0.25, 0.3) is 0 Å². The zero-order valence-corrected chi connectivity index (χ0v) is 29.4. The number of nitrogens with zero attached hydrogens (tertiary/aromatic N) is 4. The maximum atomic E-state index is 9.72. The highest BCUT2D eigenvalue weighted by Crippen LogP contribution is 2.40. The van der Waals surface area contributed by atoms with Crippen LogP contribution in [0.15, 0.2) is 46.9 Å². The Morgan fingerprint density at radius 2 is 0.936 bits per heavy atom. The number of benzene rings is 3. The highest BCUT2D eigenvalue weighted by Gasteiger charge is 2.22. The molecule has 0 aliphatic rings. The van der Waals surface area contributed by atoms with Crippen molar-refractivity contribution in [2.24, 2.45) is 0 Å². The Kier molecular flexibility index (Phi) is 18.0. The van der Waals surface area contributed by atoms with E-state index in [4.69, 9.17) is 18.9 Å². The second kappa shape index (κ2) is 21.9. The molecule has 0 spiro atoms. The molecule has 3 rings (SSSR count). The van der Waals surface area contributed by atoms with Gasteiger partial charge in [-0.05, 0) is 59.3 Å². The number of nitriles is 4. The van der Waals surface area contributed by atoms with Gasteiger partial charge in [0.05, 0.1) is 30.9 Å². The van der Waals surface area contributed by atoms with Crippen LogP contribution >= 0.6 is 15.9 Å². The Morgan fingerprint density at radius 1 is 0.532 bits per heavy atom. The van der Waals surface area contributed by atoms with Crippen molar-refractivity contribution in [3.8, 4) is 58.4 Å². The van der Waals surface area contributed by atoms with Crippen LogP contribution in [0.5, 0.6) is 23.0 Å². The van der Waals surface area contributed by atoms with E-state index in [2.05, 4.69) is 67.9 Å². The summed E-state index contributed by atoms with van der Waals surface area (Å²) in [5, 5.41) is 38.0.